The third-order valence-electron chi connectivity index (χ3n) is 8.85. The summed E-state index contributed by atoms with van der Waals surface area (Å²) >= 11 is 0. The van der Waals surface area contributed by atoms with Crippen LogP contribution < -0.4 is 5.32 Å². The number of nitrogens with zero attached hydrogens (tertiary/aromatic N) is 3. The number of hydrogen-bond acceptors (Lipinski definition) is 10. The highest BCUT2D eigenvalue weighted by molar-refractivity contribution is 5.96. The minimum absolute atomic E-state index is 0.00582. The number of amides is 3. The predicted molar refractivity (Wildman–Crippen MR) is 145 cm³/mol. The highest BCUT2D eigenvalue weighted by Crippen LogP contribution is 2.56. The van der Waals surface area contributed by atoms with Gasteiger partial charge in [-0.05, 0) is 30.0 Å². The molecular formula is C29H36N4O9. The standard InChI is InChI=1S/C29H36N4O9/c1-31(2)21(35)9-8-17-5-3-6-18(13-17)15-33-24-27(37)41-20-14-29(24,25(42-33)23-22(20)39-16-40-23)28(38)32-11-4-7-19(32)26(36)30-10-12-34/h3,5-6,8-9,13,19-20,22-25,34H,4,7,10-12,14-16H2,1-2H3,(H,30,36)/t19-,20+,22+,23+,24+,25-,29+/m1/s1. The van der Waals surface area contributed by atoms with E-state index in [-0.39, 0.29) is 50.6 Å². The van der Waals surface area contributed by atoms with Gasteiger partial charge < -0.3 is 34.4 Å². The first-order valence-electron chi connectivity index (χ1n) is 14.3. The fraction of sp³-hybridized carbons (Fsp3) is 0.586. The van der Waals surface area contributed by atoms with Crippen molar-refractivity contribution in [1.82, 2.24) is 20.2 Å². The number of likely N-dealkylation sites (N-methyl/N-ethyl adjacent to an activating group) is 1. The van der Waals surface area contributed by atoms with Crippen molar-refractivity contribution >= 4 is 29.8 Å². The molecule has 3 amide bonds. The zero-order valence-electron chi connectivity index (χ0n) is 23.6. The fourth-order valence-electron chi connectivity index (χ4n) is 6.95. The van der Waals surface area contributed by atoms with Gasteiger partial charge in [-0.3, -0.25) is 24.0 Å². The molecule has 4 heterocycles. The SMILES string of the molecule is CN(C)C(=O)C=Cc1cccc(CN2O[C@@H]3[C@H]4OCO[C@H]4[C@@H]4C[C@]3(C(=O)N3CCC[C@@H]3C(=O)NCCO)[C@@H]2C(=O)O4)c1. The van der Waals surface area contributed by atoms with Crippen LogP contribution in [0.4, 0.5) is 0 Å². The molecular weight excluding hydrogens is 548 g/mol. The van der Waals surface area contributed by atoms with Crippen LogP contribution in [-0.2, 0) is 44.8 Å². The number of aliphatic hydroxyl groups excluding tert-OH is 1. The lowest BCUT2D eigenvalue weighted by molar-refractivity contribution is -0.204. The molecule has 6 rings (SSSR count). The maximum Gasteiger partial charge on any atom is 0.327 e. The van der Waals surface area contributed by atoms with Gasteiger partial charge in [0.2, 0.25) is 17.7 Å². The van der Waals surface area contributed by atoms with Crippen LogP contribution in [0.2, 0.25) is 0 Å². The smallest absolute Gasteiger partial charge is 0.327 e. The topological polar surface area (TPSA) is 147 Å². The highest BCUT2D eigenvalue weighted by Gasteiger charge is 2.75. The molecule has 13 nitrogen and oxygen atoms in total. The Balaban J connectivity index is 1.32. The average molecular weight is 585 g/mol. The van der Waals surface area contributed by atoms with Crippen LogP contribution in [0.15, 0.2) is 30.3 Å². The third kappa shape index (κ3) is 4.78. The number of benzene rings is 1. The number of likely N-dealkylation sites (tertiary alicyclic amines) is 1. The Bertz CT molecular complexity index is 1290. The summed E-state index contributed by atoms with van der Waals surface area (Å²) in [6, 6.07) is 5.69. The molecule has 7 atom stereocenters. The summed E-state index contributed by atoms with van der Waals surface area (Å²) in [7, 11) is 3.35. The first-order chi connectivity index (χ1) is 20.2. The molecule has 0 spiro atoms. The number of ether oxygens (including phenoxy) is 3. The van der Waals surface area contributed by atoms with Crippen LogP contribution in [0.25, 0.3) is 6.08 Å². The lowest BCUT2D eigenvalue weighted by atomic mass is 9.62. The van der Waals surface area contributed by atoms with E-state index in [1.807, 2.05) is 24.3 Å². The zero-order valence-corrected chi connectivity index (χ0v) is 23.6. The lowest BCUT2D eigenvalue weighted by Gasteiger charge is -2.50. The van der Waals surface area contributed by atoms with E-state index in [2.05, 4.69) is 5.32 Å². The largest absolute Gasteiger partial charge is 0.458 e. The molecule has 4 aliphatic heterocycles. The van der Waals surface area contributed by atoms with Crippen LogP contribution in [0.5, 0.6) is 0 Å². The van der Waals surface area contributed by atoms with E-state index in [9.17, 15) is 24.3 Å². The van der Waals surface area contributed by atoms with Gasteiger partial charge in [0.15, 0.2) is 6.04 Å². The number of aliphatic hydroxyl groups is 1. The summed E-state index contributed by atoms with van der Waals surface area (Å²) in [4.78, 5) is 62.8. The molecule has 5 fully saturated rings. The van der Waals surface area contributed by atoms with Crippen molar-refractivity contribution in [2.24, 2.45) is 5.41 Å². The average Bonchev–Trinajstić information content (AvgIpc) is 3.72. The van der Waals surface area contributed by atoms with E-state index in [1.165, 1.54) is 16.0 Å². The Morgan fingerprint density at radius 2 is 2.02 bits per heavy atom. The van der Waals surface area contributed by atoms with Crippen LogP contribution in [0, 0.1) is 5.41 Å². The van der Waals surface area contributed by atoms with Gasteiger partial charge in [0.25, 0.3) is 0 Å². The van der Waals surface area contributed by atoms with Gasteiger partial charge in [0.1, 0.15) is 42.7 Å². The van der Waals surface area contributed by atoms with E-state index < -0.39 is 47.9 Å². The van der Waals surface area contributed by atoms with Crippen molar-refractivity contribution in [3.63, 3.8) is 0 Å². The molecule has 13 heteroatoms. The monoisotopic (exact) mass is 584 g/mol. The Labute approximate surface area is 243 Å². The molecule has 1 saturated carbocycles. The van der Waals surface area contributed by atoms with Crippen LogP contribution in [-0.4, -0.2) is 121 Å². The molecule has 2 bridgehead atoms. The van der Waals surface area contributed by atoms with Crippen LogP contribution in [0.1, 0.15) is 30.4 Å². The van der Waals surface area contributed by atoms with Crippen molar-refractivity contribution < 1.29 is 43.3 Å². The van der Waals surface area contributed by atoms with Gasteiger partial charge in [-0.25, -0.2) is 0 Å². The first kappa shape index (κ1) is 28.7. The fourth-order valence-corrected chi connectivity index (χ4v) is 6.95. The maximum absolute atomic E-state index is 14.6. The molecule has 226 valence electrons. The summed E-state index contributed by atoms with van der Waals surface area (Å²) in [5, 5.41) is 13.4. The van der Waals surface area contributed by atoms with E-state index in [1.54, 1.807) is 25.1 Å². The number of hydroxylamine groups is 2. The molecule has 1 aliphatic carbocycles. The second kappa shape index (κ2) is 11.4. The normalized spacial score (nSPS) is 33.5. The van der Waals surface area contributed by atoms with Gasteiger partial charge in [-0.15, -0.1) is 0 Å². The zero-order chi connectivity index (χ0) is 29.6. The van der Waals surface area contributed by atoms with E-state index in [0.29, 0.717) is 19.4 Å². The predicted octanol–water partition coefficient (Wildman–Crippen LogP) is -0.571. The van der Waals surface area contributed by atoms with Crippen molar-refractivity contribution in [2.45, 2.75) is 62.3 Å². The van der Waals surface area contributed by atoms with Gasteiger partial charge in [-0.2, -0.15) is 5.06 Å². The molecule has 0 aromatic heterocycles. The molecule has 1 aromatic carbocycles. The van der Waals surface area contributed by atoms with Crippen LogP contribution >= 0.6 is 0 Å². The minimum atomic E-state index is -1.34. The molecule has 0 radical (unpaired) electrons. The second-order valence-corrected chi connectivity index (χ2v) is 11.6. The summed E-state index contributed by atoms with van der Waals surface area (Å²) < 4.78 is 17.6. The number of fused-ring (bicyclic) bond motifs is 4. The van der Waals surface area contributed by atoms with E-state index in [4.69, 9.17) is 19.0 Å². The van der Waals surface area contributed by atoms with Crippen molar-refractivity contribution in [3.05, 3.63) is 41.5 Å². The van der Waals surface area contributed by atoms with Crippen molar-refractivity contribution in [2.75, 3.05) is 40.6 Å². The Morgan fingerprint density at radius 1 is 1.21 bits per heavy atom. The first-order valence-corrected chi connectivity index (χ1v) is 14.3. The molecule has 2 N–H and O–H groups in total. The van der Waals surface area contributed by atoms with E-state index in [0.717, 1.165) is 11.1 Å². The quantitative estimate of drug-likeness (QED) is 0.301. The summed E-state index contributed by atoms with van der Waals surface area (Å²) in [5.74, 6) is -1.40. The highest BCUT2D eigenvalue weighted by atomic mass is 16.8. The molecule has 42 heavy (non-hydrogen) atoms. The van der Waals surface area contributed by atoms with Crippen molar-refractivity contribution in [3.8, 4) is 0 Å². The van der Waals surface area contributed by atoms with Gasteiger partial charge in [0.05, 0.1) is 13.2 Å². The van der Waals surface area contributed by atoms with Gasteiger partial charge in [0, 0.05) is 39.7 Å². The summed E-state index contributed by atoms with van der Waals surface area (Å²) in [5.41, 5.74) is 0.246. The van der Waals surface area contributed by atoms with Crippen molar-refractivity contribution in [1.29, 1.82) is 0 Å². The third-order valence-corrected chi connectivity index (χ3v) is 8.85. The summed E-state index contributed by atoms with van der Waals surface area (Å²) in [6.45, 7) is 0.403. The van der Waals surface area contributed by atoms with Gasteiger partial charge >= 0.3 is 5.97 Å². The van der Waals surface area contributed by atoms with E-state index >= 15 is 0 Å². The second-order valence-electron chi connectivity index (χ2n) is 11.6. The number of rotatable bonds is 8. The molecule has 0 unspecified atom stereocenters. The maximum atomic E-state index is 14.6. The van der Waals surface area contributed by atoms with Crippen LogP contribution in [0.3, 0.4) is 0 Å². The van der Waals surface area contributed by atoms with Gasteiger partial charge in [-0.1, -0.05) is 24.3 Å². The molecule has 5 aliphatic rings. The Hall–Kier alpha value is -3.36. The molecule has 4 saturated heterocycles. The number of nitrogens with one attached hydrogen (secondary N) is 1. The molecule has 1 aromatic rings. The minimum Gasteiger partial charge on any atom is -0.458 e. The number of carbonyl (C=O) groups excluding carboxylic acids is 4. The number of carbonyl (C=O) groups is 4. The lowest BCUT2D eigenvalue weighted by Crippen LogP contribution is -2.70. The Kier molecular flexibility index (Phi) is 7.79. The number of hydrogen-bond donors (Lipinski definition) is 2. The number of esters is 1. The summed E-state index contributed by atoms with van der Waals surface area (Å²) in [6.07, 6.45) is 1.79. The Morgan fingerprint density at radius 3 is 2.81 bits per heavy atom.